The molecular formula is C28H28N6O2. The van der Waals surface area contributed by atoms with E-state index in [9.17, 15) is 10.1 Å². The van der Waals surface area contributed by atoms with Crippen molar-refractivity contribution in [1.29, 1.82) is 0 Å². The van der Waals surface area contributed by atoms with Crippen LogP contribution in [0, 0.1) is 17.0 Å². The molecule has 3 aromatic carbocycles. The molecule has 1 aromatic heterocycles. The summed E-state index contributed by atoms with van der Waals surface area (Å²) in [4.78, 5) is 24.7. The minimum atomic E-state index is -0.392. The molecule has 1 aliphatic rings. The van der Waals surface area contributed by atoms with Crippen LogP contribution in [-0.2, 0) is 0 Å². The Balaban J connectivity index is 1.39. The van der Waals surface area contributed by atoms with Crippen LogP contribution in [0.4, 0.5) is 23.0 Å². The summed E-state index contributed by atoms with van der Waals surface area (Å²) in [6, 6.07) is 28.7. The third-order valence-electron chi connectivity index (χ3n) is 6.48. The number of hydrogen-bond acceptors (Lipinski definition) is 7. The molecule has 0 saturated carbocycles. The Hall–Kier alpha value is -4.30. The number of aryl methyl sites for hydroxylation is 1. The van der Waals surface area contributed by atoms with E-state index in [1.54, 1.807) is 0 Å². The molecule has 1 aliphatic heterocycles. The molecule has 0 amide bonds. The number of benzene rings is 3. The highest BCUT2D eigenvalue weighted by atomic mass is 16.6. The maximum Gasteiger partial charge on any atom is 0.353 e. The van der Waals surface area contributed by atoms with Gasteiger partial charge in [-0.1, -0.05) is 72.8 Å². The highest BCUT2D eigenvalue weighted by Gasteiger charge is 2.32. The second kappa shape index (κ2) is 10.5. The lowest BCUT2D eigenvalue weighted by Gasteiger charge is -2.40. The Labute approximate surface area is 210 Å². The third kappa shape index (κ3) is 5.04. The summed E-state index contributed by atoms with van der Waals surface area (Å²) in [5.74, 6) is 0.547. The van der Waals surface area contributed by atoms with Crippen LogP contribution in [0.1, 0.15) is 22.7 Å². The molecule has 0 aliphatic carbocycles. The van der Waals surface area contributed by atoms with E-state index in [0.29, 0.717) is 18.9 Å². The number of piperazine rings is 1. The van der Waals surface area contributed by atoms with Crippen molar-refractivity contribution in [3.63, 3.8) is 0 Å². The van der Waals surface area contributed by atoms with Crippen molar-refractivity contribution >= 4 is 23.0 Å². The first-order chi connectivity index (χ1) is 17.6. The van der Waals surface area contributed by atoms with Gasteiger partial charge in [0.2, 0.25) is 11.6 Å². The van der Waals surface area contributed by atoms with Crippen LogP contribution in [0.3, 0.4) is 0 Å². The SMILES string of the molecule is Cc1cccc(Nc2ncnc(N3CCN(C(c4ccccc4)c4ccccc4)CC3)c2[N+](=O)[O-])c1. The van der Waals surface area contributed by atoms with E-state index < -0.39 is 4.92 Å². The van der Waals surface area contributed by atoms with E-state index in [2.05, 4.69) is 68.7 Å². The monoisotopic (exact) mass is 480 g/mol. The molecule has 2 heterocycles. The lowest BCUT2D eigenvalue weighted by Crippen LogP contribution is -2.48. The van der Waals surface area contributed by atoms with Gasteiger partial charge >= 0.3 is 5.69 Å². The van der Waals surface area contributed by atoms with Crippen LogP contribution in [-0.4, -0.2) is 46.0 Å². The first-order valence-corrected chi connectivity index (χ1v) is 12.0. The van der Waals surface area contributed by atoms with Gasteiger partial charge in [-0.05, 0) is 35.7 Å². The van der Waals surface area contributed by atoms with Gasteiger partial charge in [0.05, 0.1) is 11.0 Å². The van der Waals surface area contributed by atoms with Crippen molar-refractivity contribution in [2.24, 2.45) is 0 Å². The molecular weight excluding hydrogens is 452 g/mol. The molecule has 1 fully saturated rings. The van der Waals surface area contributed by atoms with Crippen molar-refractivity contribution < 1.29 is 4.92 Å². The van der Waals surface area contributed by atoms with Crippen LogP contribution in [0.5, 0.6) is 0 Å². The lowest BCUT2D eigenvalue weighted by molar-refractivity contribution is -0.383. The first-order valence-electron chi connectivity index (χ1n) is 12.0. The van der Waals surface area contributed by atoms with E-state index in [-0.39, 0.29) is 17.5 Å². The van der Waals surface area contributed by atoms with Crippen molar-refractivity contribution in [2.45, 2.75) is 13.0 Å². The fourth-order valence-electron chi connectivity index (χ4n) is 4.80. The normalized spacial score (nSPS) is 14.1. The summed E-state index contributed by atoms with van der Waals surface area (Å²) in [6.07, 6.45) is 1.39. The topological polar surface area (TPSA) is 87.4 Å². The summed E-state index contributed by atoms with van der Waals surface area (Å²) in [6.45, 7) is 4.71. The van der Waals surface area contributed by atoms with Gasteiger partial charge in [0.15, 0.2) is 0 Å². The summed E-state index contributed by atoms with van der Waals surface area (Å²) in [7, 11) is 0. The van der Waals surface area contributed by atoms with Crippen molar-refractivity contribution in [3.8, 4) is 0 Å². The molecule has 5 rings (SSSR count). The van der Waals surface area contributed by atoms with Gasteiger partial charge in [-0.15, -0.1) is 0 Å². The second-order valence-corrected chi connectivity index (χ2v) is 8.89. The number of anilines is 3. The third-order valence-corrected chi connectivity index (χ3v) is 6.48. The first kappa shape index (κ1) is 23.4. The van der Waals surface area contributed by atoms with Crippen LogP contribution >= 0.6 is 0 Å². The Morgan fingerprint density at radius 3 is 2.08 bits per heavy atom. The summed E-state index contributed by atoms with van der Waals surface area (Å²) in [5, 5.41) is 15.2. The highest BCUT2D eigenvalue weighted by Crippen LogP contribution is 2.35. The Morgan fingerprint density at radius 1 is 0.861 bits per heavy atom. The van der Waals surface area contributed by atoms with Gasteiger partial charge in [0, 0.05) is 31.9 Å². The maximum atomic E-state index is 12.1. The molecule has 1 saturated heterocycles. The maximum absolute atomic E-state index is 12.1. The largest absolute Gasteiger partial charge is 0.353 e. The van der Waals surface area contributed by atoms with Gasteiger partial charge in [0.1, 0.15) is 6.33 Å². The van der Waals surface area contributed by atoms with E-state index in [4.69, 9.17) is 0 Å². The van der Waals surface area contributed by atoms with E-state index >= 15 is 0 Å². The van der Waals surface area contributed by atoms with E-state index in [1.165, 1.54) is 17.5 Å². The van der Waals surface area contributed by atoms with Crippen LogP contribution < -0.4 is 10.2 Å². The molecule has 182 valence electrons. The van der Waals surface area contributed by atoms with Crippen LogP contribution in [0.25, 0.3) is 0 Å². The zero-order valence-electron chi connectivity index (χ0n) is 20.1. The van der Waals surface area contributed by atoms with Gasteiger partial charge in [-0.2, -0.15) is 0 Å². The van der Waals surface area contributed by atoms with Gasteiger partial charge in [0.25, 0.3) is 0 Å². The van der Waals surface area contributed by atoms with Crippen molar-refractivity contribution in [2.75, 3.05) is 36.4 Å². The highest BCUT2D eigenvalue weighted by molar-refractivity contribution is 5.74. The number of aromatic nitrogens is 2. The standard InChI is InChI=1S/C28H28N6O2/c1-21-9-8-14-24(19-21)31-27-26(34(35)36)28(30-20-29-27)33-17-15-32(16-18-33)25(22-10-4-2-5-11-22)23-12-6-3-7-13-23/h2-14,19-20,25H,15-18H2,1H3,(H,29,30,31). The molecule has 0 radical (unpaired) electrons. The fraction of sp³-hybridized carbons (Fsp3) is 0.214. The Morgan fingerprint density at radius 2 is 1.50 bits per heavy atom. The number of nitrogens with zero attached hydrogens (tertiary/aromatic N) is 5. The smallest absolute Gasteiger partial charge is 0.348 e. The average Bonchev–Trinajstić information content (AvgIpc) is 2.90. The van der Waals surface area contributed by atoms with Crippen LogP contribution in [0.2, 0.25) is 0 Å². The second-order valence-electron chi connectivity index (χ2n) is 8.89. The quantitative estimate of drug-likeness (QED) is 0.282. The van der Waals surface area contributed by atoms with Gasteiger partial charge < -0.3 is 10.2 Å². The molecule has 0 unspecified atom stereocenters. The van der Waals surface area contributed by atoms with E-state index in [1.807, 2.05) is 48.2 Å². The van der Waals surface area contributed by atoms with Crippen LogP contribution in [0.15, 0.2) is 91.3 Å². The molecule has 36 heavy (non-hydrogen) atoms. The number of nitrogens with one attached hydrogen (secondary N) is 1. The lowest BCUT2D eigenvalue weighted by atomic mass is 9.96. The summed E-state index contributed by atoms with van der Waals surface area (Å²) >= 11 is 0. The number of hydrogen-bond donors (Lipinski definition) is 1. The predicted molar refractivity (Wildman–Crippen MR) is 142 cm³/mol. The minimum absolute atomic E-state index is 0.102. The molecule has 8 heteroatoms. The van der Waals surface area contributed by atoms with E-state index in [0.717, 1.165) is 24.3 Å². The molecule has 0 atom stereocenters. The molecule has 0 bridgehead atoms. The predicted octanol–water partition coefficient (Wildman–Crippen LogP) is 5.35. The fourth-order valence-corrected chi connectivity index (χ4v) is 4.80. The summed E-state index contributed by atoms with van der Waals surface area (Å²) in [5.41, 5.74) is 4.17. The molecule has 8 nitrogen and oxygen atoms in total. The average molecular weight is 481 g/mol. The van der Waals surface area contributed by atoms with Gasteiger partial charge in [-0.25, -0.2) is 9.97 Å². The zero-order chi connectivity index (χ0) is 24.9. The minimum Gasteiger partial charge on any atom is -0.348 e. The van der Waals surface area contributed by atoms with Crippen molar-refractivity contribution in [3.05, 3.63) is 118 Å². The molecule has 0 spiro atoms. The number of nitro groups is 1. The molecule has 1 N–H and O–H groups in total. The number of rotatable bonds is 7. The van der Waals surface area contributed by atoms with Crippen molar-refractivity contribution in [1.82, 2.24) is 14.9 Å². The Bertz CT molecular complexity index is 1280. The summed E-state index contributed by atoms with van der Waals surface area (Å²) < 4.78 is 0. The molecule has 4 aromatic rings. The van der Waals surface area contributed by atoms with Gasteiger partial charge in [-0.3, -0.25) is 15.0 Å². The Kier molecular flexibility index (Phi) is 6.86. The zero-order valence-corrected chi connectivity index (χ0v) is 20.1.